The van der Waals surface area contributed by atoms with Crippen LogP contribution in [-0.4, -0.2) is 0 Å². The second-order valence-corrected chi connectivity index (χ2v) is 7.15. The molecule has 140 valence electrons. The number of halogens is 1. The number of benzene rings is 4. The Morgan fingerprint density at radius 3 is 2.31 bits per heavy atom. The number of nitrogens with zero attached hydrogens (tertiary/aromatic N) is 1. The predicted octanol–water partition coefficient (Wildman–Crippen LogP) is 7.14. The predicted molar refractivity (Wildman–Crippen MR) is 120 cm³/mol. The van der Waals surface area contributed by atoms with E-state index in [2.05, 4.69) is 18.2 Å². The van der Waals surface area contributed by atoms with E-state index in [4.69, 9.17) is 16.3 Å². The smallest absolute Gasteiger partial charge is 0.119 e. The number of rotatable bonds is 5. The standard InChI is InChI=1S/C26H18ClNO/c27-25-11-5-20(6-12-25)18-29-26-13-7-19(8-14-26)15-24(17-28)23-10-9-21-3-1-2-4-22(21)16-23/h1-16H,18H2/b24-15-. The number of nitriles is 1. The Morgan fingerprint density at radius 2 is 1.59 bits per heavy atom. The summed E-state index contributed by atoms with van der Waals surface area (Å²) in [5, 5.41) is 12.6. The highest BCUT2D eigenvalue weighted by Gasteiger charge is 2.03. The molecule has 4 rings (SSSR count). The van der Waals surface area contributed by atoms with E-state index in [1.807, 2.05) is 84.9 Å². The SMILES string of the molecule is N#C/C(=C/c1ccc(OCc2ccc(Cl)cc2)cc1)c1ccc2ccccc2c1. The molecule has 0 saturated heterocycles. The van der Waals surface area contributed by atoms with Gasteiger partial charge in [0, 0.05) is 5.02 Å². The molecule has 0 N–H and O–H groups in total. The van der Waals surface area contributed by atoms with E-state index in [1.165, 1.54) is 0 Å². The molecule has 4 aromatic rings. The van der Waals surface area contributed by atoms with Crippen LogP contribution in [0.15, 0.2) is 91.0 Å². The molecule has 0 aliphatic heterocycles. The van der Waals surface area contributed by atoms with E-state index >= 15 is 0 Å². The number of hydrogen-bond donors (Lipinski definition) is 0. The third-order valence-electron chi connectivity index (χ3n) is 4.69. The molecule has 0 amide bonds. The normalized spacial score (nSPS) is 11.2. The van der Waals surface area contributed by atoms with Gasteiger partial charge in [-0.05, 0) is 63.9 Å². The second kappa shape index (κ2) is 8.65. The highest BCUT2D eigenvalue weighted by molar-refractivity contribution is 6.30. The molecule has 3 heteroatoms. The molecule has 0 atom stereocenters. The van der Waals surface area contributed by atoms with Crippen molar-refractivity contribution in [1.29, 1.82) is 5.26 Å². The van der Waals surface area contributed by atoms with E-state index in [1.54, 1.807) is 0 Å². The summed E-state index contributed by atoms with van der Waals surface area (Å²) in [6.45, 7) is 0.479. The van der Waals surface area contributed by atoms with Crippen LogP contribution in [0.4, 0.5) is 0 Å². The van der Waals surface area contributed by atoms with Crippen molar-refractivity contribution in [3.05, 3.63) is 113 Å². The quantitative estimate of drug-likeness (QED) is 0.266. The van der Waals surface area contributed by atoms with Gasteiger partial charge in [0.15, 0.2) is 0 Å². The Hall–Kier alpha value is -3.54. The van der Waals surface area contributed by atoms with Gasteiger partial charge in [0.2, 0.25) is 0 Å². The van der Waals surface area contributed by atoms with Crippen molar-refractivity contribution >= 4 is 34.0 Å². The minimum atomic E-state index is 0.479. The molecule has 0 aliphatic rings. The van der Waals surface area contributed by atoms with Crippen molar-refractivity contribution in [1.82, 2.24) is 0 Å². The van der Waals surface area contributed by atoms with Crippen LogP contribution in [-0.2, 0) is 6.61 Å². The summed E-state index contributed by atoms with van der Waals surface area (Å²) in [5.41, 5.74) is 3.55. The van der Waals surface area contributed by atoms with Gasteiger partial charge in [0.1, 0.15) is 12.4 Å². The lowest BCUT2D eigenvalue weighted by molar-refractivity contribution is 0.306. The minimum absolute atomic E-state index is 0.479. The molecule has 0 aliphatic carbocycles. The van der Waals surface area contributed by atoms with Crippen molar-refractivity contribution in [2.75, 3.05) is 0 Å². The van der Waals surface area contributed by atoms with E-state index in [-0.39, 0.29) is 0 Å². The van der Waals surface area contributed by atoms with E-state index in [0.29, 0.717) is 17.2 Å². The summed E-state index contributed by atoms with van der Waals surface area (Å²) >= 11 is 5.90. The third kappa shape index (κ3) is 4.66. The maximum Gasteiger partial charge on any atom is 0.119 e. The van der Waals surface area contributed by atoms with Gasteiger partial charge in [-0.15, -0.1) is 0 Å². The summed E-state index contributed by atoms with van der Waals surface area (Å²) in [6.07, 6.45) is 1.90. The van der Waals surface area contributed by atoms with Crippen molar-refractivity contribution < 1.29 is 4.74 Å². The summed E-state index contributed by atoms with van der Waals surface area (Å²) < 4.78 is 5.82. The van der Waals surface area contributed by atoms with Gasteiger partial charge < -0.3 is 4.74 Å². The van der Waals surface area contributed by atoms with Gasteiger partial charge in [0.05, 0.1) is 11.6 Å². The summed E-state index contributed by atoms with van der Waals surface area (Å²) in [4.78, 5) is 0. The van der Waals surface area contributed by atoms with Gasteiger partial charge in [-0.3, -0.25) is 0 Å². The van der Waals surface area contributed by atoms with Crippen molar-refractivity contribution in [2.24, 2.45) is 0 Å². The zero-order valence-electron chi connectivity index (χ0n) is 15.7. The van der Waals surface area contributed by atoms with E-state index < -0.39 is 0 Å². The molecule has 29 heavy (non-hydrogen) atoms. The first-order valence-corrected chi connectivity index (χ1v) is 9.67. The molecule has 0 fully saturated rings. The molecular formula is C26H18ClNO. The lowest BCUT2D eigenvalue weighted by atomic mass is 10.0. The number of fused-ring (bicyclic) bond motifs is 1. The molecule has 0 heterocycles. The van der Waals surface area contributed by atoms with Gasteiger partial charge in [-0.25, -0.2) is 0 Å². The molecule has 0 unspecified atom stereocenters. The van der Waals surface area contributed by atoms with Crippen LogP contribution >= 0.6 is 11.6 Å². The lowest BCUT2D eigenvalue weighted by Gasteiger charge is -2.07. The maximum atomic E-state index is 9.64. The fourth-order valence-corrected chi connectivity index (χ4v) is 3.24. The second-order valence-electron chi connectivity index (χ2n) is 6.72. The van der Waals surface area contributed by atoms with E-state index in [9.17, 15) is 5.26 Å². The Labute approximate surface area is 175 Å². The van der Waals surface area contributed by atoms with Gasteiger partial charge in [0.25, 0.3) is 0 Å². The Morgan fingerprint density at radius 1 is 0.862 bits per heavy atom. The molecule has 0 saturated carbocycles. The minimum Gasteiger partial charge on any atom is -0.489 e. The van der Waals surface area contributed by atoms with Crippen LogP contribution < -0.4 is 4.74 Å². The molecule has 0 aromatic heterocycles. The van der Waals surface area contributed by atoms with E-state index in [0.717, 1.165) is 33.2 Å². The fraction of sp³-hybridized carbons (Fsp3) is 0.0385. The van der Waals surface area contributed by atoms with Crippen molar-refractivity contribution in [3.63, 3.8) is 0 Å². The molecular weight excluding hydrogens is 378 g/mol. The first kappa shape index (κ1) is 18.8. The van der Waals surface area contributed by atoms with Crippen LogP contribution in [0, 0.1) is 11.3 Å². The highest BCUT2D eigenvalue weighted by atomic mass is 35.5. The summed E-state index contributed by atoms with van der Waals surface area (Å²) in [7, 11) is 0. The fourth-order valence-electron chi connectivity index (χ4n) is 3.11. The Kier molecular flexibility index (Phi) is 5.61. The van der Waals surface area contributed by atoms with Crippen LogP contribution in [0.1, 0.15) is 16.7 Å². The third-order valence-corrected chi connectivity index (χ3v) is 4.94. The summed E-state index contributed by atoms with van der Waals surface area (Å²) in [5.74, 6) is 0.779. The molecule has 2 nitrogen and oxygen atoms in total. The average Bonchev–Trinajstić information content (AvgIpc) is 2.77. The molecule has 4 aromatic carbocycles. The average molecular weight is 396 g/mol. The number of allylic oxidation sites excluding steroid dienone is 1. The van der Waals surface area contributed by atoms with Gasteiger partial charge in [-0.1, -0.05) is 72.3 Å². The molecule has 0 spiro atoms. The lowest BCUT2D eigenvalue weighted by Crippen LogP contribution is -1.94. The number of hydrogen-bond acceptors (Lipinski definition) is 2. The van der Waals surface area contributed by atoms with Crippen molar-refractivity contribution in [2.45, 2.75) is 6.61 Å². The van der Waals surface area contributed by atoms with Crippen LogP contribution in [0.3, 0.4) is 0 Å². The number of ether oxygens (including phenoxy) is 1. The maximum absolute atomic E-state index is 9.64. The zero-order chi connectivity index (χ0) is 20.1. The van der Waals surface area contributed by atoms with Gasteiger partial charge >= 0.3 is 0 Å². The Balaban J connectivity index is 1.50. The van der Waals surface area contributed by atoms with Crippen LogP contribution in [0.5, 0.6) is 5.75 Å². The van der Waals surface area contributed by atoms with Gasteiger partial charge in [-0.2, -0.15) is 5.26 Å². The zero-order valence-corrected chi connectivity index (χ0v) is 16.4. The monoisotopic (exact) mass is 395 g/mol. The molecule has 0 radical (unpaired) electrons. The van der Waals surface area contributed by atoms with Crippen molar-refractivity contribution in [3.8, 4) is 11.8 Å². The topological polar surface area (TPSA) is 33.0 Å². The highest BCUT2D eigenvalue weighted by Crippen LogP contribution is 2.24. The Bertz CT molecular complexity index is 1200. The van der Waals surface area contributed by atoms with Crippen LogP contribution in [0.25, 0.3) is 22.4 Å². The molecule has 0 bridgehead atoms. The summed E-state index contributed by atoms with van der Waals surface area (Å²) in [6, 6.07) is 31.9. The van der Waals surface area contributed by atoms with Crippen LogP contribution in [0.2, 0.25) is 5.02 Å². The first-order chi connectivity index (χ1) is 14.2. The largest absolute Gasteiger partial charge is 0.489 e. The first-order valence-electron chi connectivity index (χ1n) is 9.29.